The van der Waals surface area contributed by atoms with Crippen LogP contribution >= 0.6 is 0 Å². The average molecular weight is 358 g/mol. The summed E-state index contributed by atoms with van der Waals surface area (Å²) < 4.78 is 11.2. The lowest BCUT2D eigenvalue weighted by Gasteiger charge is -2.05. The molecule has 0 saturated heterocycles. The number of pyridine rings is 1. The number of fused-ring (bicyclic) bond motifs is 3. The molecule has 27 heavy (non-hydrogen) atoms. The molecule has 8 nitrogen and oxygen atoms in total. The van der Waals surface area contributed by atoms with E-state index in [9.17, 15) is 0 Å². The van der Waals surface area contributed by atoms with E-state index >= 15 is 0 Å². The maximum atomic E-state index is 5.91. The van der Waals surface area contributed by atoms with Crippen LogP contribution in [0, 0.1) is 0 Å². The molecular weight excluding hydrogens is 344 g/mol. The highest BCUT2D eigenvalue weighted by Gasteiger charge is 2.15. The van der Waals surface area contributed by atoms with Crippen LogP contribution in [0.15, 0.2) is 53.4 Å². The van der Waals surface area contributed by atoms with Crippen molar-refractivity contribution in [3.05, 3.63) is 54.7 Å². The van der Waals surface area contributed by atoms with Crippen LogP contribution < -0.4 is 4.74 Å². The summed E-state index contributed by atoms with van der Waals surface area (Å²) in [6.07, 6.45) is 5.73. The third-order valence-electron chi connectivity index (χ3n) is 4.22. The van der Waals surface area contributed by atoms with Gasteiger partial charge in [-0.1, -0.05) is 18.1 Å². The van der Waals surface area contributed by atoms with E-state index < -0.39 is 0 Å². The van der Waals surface area contributed by atoms with Gasteiger partial charge in [0.2, 0.25) is 0 Å². The smallest absolute Gasteiger partial charge is 0.321 e. The molecule has 0 aliphatic heterocycles. The first-order valence-electron chi connectivity index (χ1n) is 8.50. The lowest BCUT2D eigenvalue weighted by Crippen LogP contribution is -1.90. The summed E-state index contributed by atoms with van der Waals surface area (Å²) in [6.45, 7) is 1.97. The number of nitrogens with one attached hydrogen (secondary N) is 1. The van der Waals surface area contributed by atoms with Gasteiger partial charge < -0.3 is 14.2 Å². The molecule has 0 aliphatic rings. The molecule has 8 heteroatoms. The van der Waals surface area contributed by atoms with Gasteiger partial charge in [-0.25, -0.2) is 15.0 Å². The maximum Gasteiger partial charge on any atom is 0.321 e. The summed E-state index contributed by atoms with van der Waals surface area (Å²) in [5, 5.41) is 5.80. The fourth-order valence-corrected chi connectivity index (χ4v) is 2.96. The zero-order valence-corrected chi connectivity index (χ0v) is 14.4. The van der Waals surface area contributed by atoms with Crippen molar-refractivity contribution in [2.45, 2.75) is 13.3 Å². The van der Waals surface area contributed by atoms with Gasteiger partial charge in [0.05, 0.1) is 22.6 Å². The van der Waals surface area contributed by atoms with Gasteiger partial charge >= 0.3 is 6.01 Å². The van der Waals surface area contributed by atoms with Gasteiger partial charge in [-0.05, 0) is 24.3 Å². The van der Waals surface area contributed by atoms with Gasteiger partial charge in [-0.15, -0.1) is 0 Å². The normalized spacial score (nSPS) is 11.3. The second-order valence-corrected chi connectivity index (χ2v) is 5.92. The van der Waals surface area contributed by atoms with E-state index in [1.165, 1.54) is 0 Å². The Morgan fingerprint density at radius 3 is 2.78 bits per heavy atom. The molecule has 0 fully saturated rings. The zero-order valence-electron chi connectivity index (χ0n) is 14.4. The number of nitrogens with zero attached hydrogens (tertiary/aromatic N) is 5. The standard InChI is InChI=1S/C19H14N6O2/c1-2-16-24-18(27-25-16)13-9-11-14(10-22-13)23-12-5-3-6-15(17(11)12)26-19-20-7-4-8-21-19/h3-10,23H,2H2,1H3. The lowest BCUT2D eigenvalue weighted by molar-refractivity contribution is 0.422. The van der Waals surface area contributed by atoms with E-state index in [0.29, 0.717) is 29.6 Å². The number of ether oxygens (including phenoxy) is 1. The largest absolute Gasteiger partial charge is 0.424 e. The molecule has 4 heterocycles. The SMILES string of the molecule is CCc1noc(-c2cc3c(cn2)[nH]c2cccc(Oc4ncccn4)c23)n1. The second kappa shape index (κ2) is 6.17. The van der Waals surface area contributed by atoms with Gasteiger partial charge in [0.15, 0.2) is 5.82 Å². The van der Waals surface area contributed by atoms with Gasteiger partial charge in [-0.3, -0.25) is 0 Å². The van der Waals surface area contributed by atoms with Crippen LogP contribution in [0.4, 0.5) is 0 Å². The predicted molar refractivity (Wildman–Crippen MR) is 98.4 cm³/mol. The molecule has 0 spiro atoms. The molecule has 0 saturated carbocycles. The van der Waals surface area contributed by atoms with Crippen LogP contribution in [0.3, 0.4) is 0 Å². The number of rotatable bonds is 4. The van der Waals surface area contributed by atoms with Gasteiger partial charge in [-0.2, -0.15) is 4.98 Å². The highest BCUT2D eigenvalue weighted by molar-refractivity contribution is 6.10. The molecule has 4 aromatic heterocycles. The molecule has 1 N–H and O–H groups in total. The first kappa shape index (κ1) is 15.4. The number of hydrogen-bond acceptors (Lipinski definition) is 7. The molecule has 0 bridgehead atoms. The molecule has 1 aromatic carbocycles. The summed E-state index contributed by atoms with van der Waals surface area (Å²) in [5.41, 5.74) is 2.42. The van der Waals surface area contributed by atoms with Crippen molar-refractivity contribution >= 4 is 21.8 Å². The van der Waals surface area contributed by atoms with E-state index in [0.717, 1.165) is 21.8 Å². The fraction of sp³-hybridized carbons (Fsp3) is 0.105. The van der Waals surface area contributed by atoms with Crippen molar-refractivity contribution in [2.75, 3.05) is 0 Å². The van der Waals surface area contributed by atoms with E-state index in [4.69, 9.17) is 9.26 Å². The number of aromatic amines is 1. The Morgan fingerprint density at radius 2 is 1.96 bits per heavy atom. The van der Waals surface area contributed by atoms with Crippen molar-refractivity contribution < 1.29 is 9.26 Å². The minimum atomic E-state index is 0.290. The second-order valence-electron chi connectivity index (χ2n) is 5.92. The fourth-order valence-electron chi connectivity index (χ4n) is 2.96. The minimum Gasteiger partial charge on any atom is -0.424 e. The van der Waals surface area contributed by atoms with Gasteiger partial charge in [0.25, 0.3) is 5.89 Å². The number of benzene rings is 1. The summed E-state index contributed by atoms with van der Waals surface area (Å²) in [5.74, 6) is 1.70. The summed E-state index contributed by atoms with van der Waals surface area (Å²) in [4.78, 5) is 20.4. The lowest BCUT2D eigenvalue weighted by atomic mass is 10.1. The highest BCUT2D eigenvalue weighted by atomic mass is 16.5. The van der Waals surface area contributed by atoms with Crippen LogP contribution in [0.1, 0.15) is 12.7 Å². The first-order chi connectivity index (χ1) is 13.3. The maximum absolute atomic E-state index is 5.91. The van der Waals surface area contributed by atoms with Crippen LogP contribution in [0.2, 0.25) is 0 Å². The molecular formula is C19H14N6O2. The van der Waals surface area contributed by atoms with E-state index in [-0.39, 0.29) is 6.01 Å². The monoisotopic (exact) mass is 358 g/mol. The first-order valence-corrected chi connectivity index (χ1v) is 8.50. The third kappa shape index (κ3) is 2.67. The molecule has 0 amide bonds. The van der Waals surface area contributed by atoms with Gasteiger partial charge in [0.1, 0.15) is 11.4 Å². The molecule has 132 valence electrons. The Labute approximate surface area is 153 Å². The van der Waals surface area contributed by atoms with Gasteiger partial charge in [0, 0.05) is 24.2 Å². The minimum absolute atomic E-state index is 0.290. The number of hydrogen-bond donors (Lipinski definition) is 1. The predicted octanol–water partition coefficient (Wildman–Crippen LogP) is 3.91. The summed E-state index contributed by atoms with van der Waals surface area (Å²) >= 11 is 0. The number of aryl methyl sites for hydroxylation is 1. The molecule has 0 atom stereocenters. The molecule has 5 rings (SSSR count). The van der Waals surface area contributed by atoms with Crippen molar-refractivity contribution in [3.8, 4) is 23.3 Å². The van der Waals surface area contributed by atoms with E-state index in [1.54, 1.807) is 24.7 Å². The quantitative estimate of drug-likeness (QED) is 0.519. The average Bonchev–Trinajstić information content (AvgIpc) is 3.33. The summed E-state index contributed by atoms with van der Waals surface area (Å²) in [6, 6.07) is 9.73. The Balaban J connectivity index is 1.68. The zero-order chi connectivity index (χ0) is 18.2. The molecule has 5 aromatic rings. The number of aromatic nitrogens is 6. The van der Waals surface area contributed by atoms with Crippen LogP contribution in [-0.4, -0.2) is 30.1 Å². The molecule has 0 unspecified atom stereocenters. The van der Waals surface area contributed by atoms with Crippen LogP contribution in [-0.2, 0) is 6.42 Å². The Bertz CT molecular complexity index is 1250. The Hall–Kier alpha value is -3.81. The Morgan fingerprint density at radius 1 is 1.07 bits per heavy atom. The molecule has 0 radical (unpaired) electrons. The Kier molecular flexibility index (Phi) is 3.53. The topological polar surface area (TPSA) is 103 Å². The van der Waals surface area contributed by atoms with E-state index in [2.05, 4.69) is 30.1 Å². The van der Waals surface area contributed by atoms with Crippen molar-refractivity contribution in [3.63, 3.8) is 0 Å². The van der Waals surface area contributed by atoms with E-state index in [1.807, 2.05) is 31.2 Å². The highest BCUT2D eigenvalue weighted by Crippen LogP contribution is 2.35. The van der Waals surface area contributed by atoms with Crippen molar-refractivity contribution in [1.82, 2.24) is 30.1 Å². The third-order valence-corrected chi connectivity index (χ3v) is 4.22. The van der Waals surface area contributed by atoms with Crippen molar-refractivity contribution in [1.29, 1.82) is 0 Å². The summed E-state index contributed by atoms with van der Waals surface area (Å²) in [7, 11) is 0. The molecule has 0 aliphatic carbocycles. The number of H-pyrrole nitrogens is 1. The van der Waals surface area contributed by atoms with Crippen LogP contribution in [0.5, 0.6) is 11.8 Å². The van der Waals surface area contributed by atoms with Crippen LogP contribution in [0.25, 0.3) is 33.4 Å². The van der Waals surface area contributed by atoms with Crippen molar-refractivity contribution in [2.24, 2.45) is 0 Å².